The van der Waals surface area contributed by atoms with Crippen molar-refractivity contribution in [3.63, 3.8) is 0 Å². The number of methoxy groups -OCH3 is 1. The van der Waals surface area contributed by atoms with Gasteiger partial charge in [-0.1, -0.05) is 38.8 Å². The number of carbonyl (C=O) groups is 1. The van der Waals surface area contributed by atoms with Gasteiger partial charge in [0.2, 0.25) is 0 Å². The first-order chi connectivity index (χ1) is 16.5. The highest BCUT2D eigenvalue weighted by Gasteiger charge is 2.18. The number of unbranched alkanes of at least 4 members (excludes halogenated alkanes) is 2. The molecular formula is C28H34FNO4. The van der Waals surface area contributed by atoms with Gasteiger partial charge in [-0.3, -0.25) is 9.59 Å². The molecule has 3 rings (SSSR count). The van der Waals surface area contributed by atoms with E-state index < -0.39 is 5.82 Å². The summed E-state index contributed by atoms with van der Waals surface area (Å²) in [6.07, 6.45) is 7.25. The molecule has 0 radical (unpaired) electrons. The number of Topliss-reactive ketones (excluding diaryl/α,β-unsaturated/α-hetero) is 1. The van der Waals surface area contributed by atoms with Crippen molar-refractivity contribution in [3.05, 3.63) is 58.6 Å². The van der Waals surface area contributed by atoms with Gasteiger partial charge < -0.3 is 14.0 Å². The quantitative estimate of drug-likeness (QED) is 0.268. The van der Waals surface area contributed by atoms with Crippen LogP contribution in [0.15, 0.2) is 47.4 Å². The van der Waals surface area contributed by atoms with Gasteiger partial charge in [0, 0.05) is 31.1 Å². The Hall–Kier alpha value is -3.15. The zero-order valence-electron chi connectivity index (χ0n) is 20.4. The molecule has 0 aliphatic heterocycles. The number of pyridine rings is 1. The van der Waals surface area contributed by atoms with Crippen LogP contribution in [0.5, 0.6) is 11.5 Å². The number of aromatic nitrogens is 1. The van der Waals surface area contributed by atoms with E-state index in [4.69, 9.17) is 9.47 Å². The summed E-state index contributed by atoms with van der Waals surface area (Å²) in [6.45, 7) is 5.05. The molecular weight excluding hydrogens is 433 g/mol. The van der Waals surface area contributed by atoms with Crippen molar-refractivity contribution in [1.82, 2.24) is 4.57 Å². The lowest BCUT2D eigenvalue weighted by Gasteiger charge is -2.17. The third-order valence-corrected chi connectivity index (χ3v) is 5.91. The number of hydrogen-bond acceptors (Lipinski definition) is 4. The second kappa shape index (κ2) is 12.4. The summed E-state index contributed by atoms with van der Waals surface area (Å²) in [6, 6.07) is 9.99. The first-order valence-corrected chi connectivity index (χ1v) is 12.1. The summed E-state index contributed by atoms with van der Waals surface area (Å²) in [7, 11) is 1.58. The van der Waals surface area contributed by atoms with Gasteiger partial charge in [0.25, 0.3) is 0 Å². The van der Waals surface area contributed by atoms with E-state index in [0.717, 1.165) is 25.7 Å². The fraction of sp³-hybridized carbons (Fsp3) is 0.429. The van der Waals surface area contributed by atoms with Crippen molar-refractivity contribution in [2.45, 2.75) is 65.3 Å². The summed E-state index contributed by atoms with van der Waals surface area (Å²) < 4.78 is 28.0. The van der Waals surface area contributed by atoms with Crippen molar-refractivity contribution in [2.75, 3.05) is 13.7 Å². The maximum Gasteiger partial charge on any atom is 0.200 e. The van der Waals surface area contributed by atoms with Crippen LogP contribution in [0.1, 0.15) is 58.8 Å². The second-order valence-corrected chi connectivity index (χ2v) is 8.51. The Morgan fingerprint density at radius 2 is 1.71 bits per heavy atom. The summed E-state index contributed by atoms with van der Waals surface area (Å²) in [4.78, 5) is 25.7. The minimum absolute atomic E-state index is 0.0104. The molecule has 0 fully saturated rings. The van der Waals surface area contributed by atoms with Gasteiger partial charge >= 0.3 is 0 Å². The van der Waals surface area contributed by atoms with Crippen molar-refractivity contribution in [3.8, 4) is 22.6 Å². The van der Waals surface area contributed by atoms with E-state index >= 15 is 4.39 Å². The van der Waals surface area contributed by atoms with Crippen molar-refractivity contribution >= 4 is 16.7 Å². The van der Waals surface area contributed by atoms with E-state index in [1.54, 1.807) is 43.6 Å². The van der Waals surface area contributed by atoms with Crippen molar-refractivity contribution < 1.29 is 18.7 Å². The molecule has 0 saturated carbocycles. The van der Waals surface area contributed by atoms with Gasteiger partial charge in [-0.15, -0.1) is 0 Å². The average Bonchev–Trinajstić information content (AvgIpc) is 2.85. The predicted molar refractivity (Wildman–Crippen MR) is 134 cm³/mol. The molecule has 0 aliphatic carbocycles. The largest absolute Gasteiger partial charge is 0.497 e. The number of carbonyl (C=O) groups excluding carboxylic acids is 1. The maximum absolute atomic E-state index is 15.0. The van der Waals surface area contributed by atoms with E-state index in [1.165, 1.54) is 6.07 Å². The van der Waals surface area contributed by atoms with Crippen LogP contribution in [0.2, 0.25) is 0 Å². The smallest absolute Gasteiger partial charge is 0.200 e. The Labute approximate surface area is 200 Å². The minimum atomic E-state index is -0.580. The molecule has 34 heavy (non-hydrogen) atoms. The molecule has 6 heteroatoms. The molecule has 1 aromatic heterocycles. The molecule has 0 aliphatic rings. The third kappa shape index (κ3) is 6.04. The monoisotopic (exact) mass is 467 g/mol. The molecule has 0 unspecified atom stereocenters. The van der Waals surface area contributed by atoms with Crippen LogP contribution in [0.4, 0.5) is 4.39 Å². The Balaban J connectivity index is 2.03. The number of benzene rings is 2. The first-order valence-electron chi connectivity index (χ1n) is 12.1. The van der Waals surface area contributed by atoms with Crippen LogP contribution in [-0.4, -0.2) is 24.1 Å². The molecule has 0 bridgehead atoms. The van der Waals surface area contributed by atoms with Gasteiger partial charge in [0.15, 0.2) is 5.43 Å². The molecule has 0 atom stereocenters. The number of rotatable bonds is 13. The van der Waals surface area contributed by atoms with Crippen LogP contribution < -0.4 is 14.9 Å². The SMILES string of the molecule is CCCCCC(=O)CCCn1cc(-c2ccc(OC)cc2)c(=O)c2c(F)ccc(OCCC)c21. The van der Waals surface area contributed by atoms with E-state index in [-0.39, 0.29) is 16.6 Å². The molecule has 0 saturated heterocycles. The zero-order chi connectivity index (χ0) is 24.5. The predicted octanol–water partition coefficient (Wildman–Crippen LogP) is 6.53. The van der Waals surface area contributed by atoms with Crippen LogP contribution in [-0.2, 0) is 11.3 Å². The number of ether oxygens (including phenoxy) is 2. The topological polar surface area (TPSA) is 57.5 Å². The van der Waals surface area contributed by atoms with Crippen molar-refractivity contribution in [2.24, 2.45) is 0 Å². The number of nitrogens with zero attached hydrogens (tertiary/aromatic N) is 1. The summed E-state index contributed by atoms with van der Waals surface area (Å²) in [5.41, 5.74) is 1.13. The molecule has 0 amide bonds. The highest BCUT2D eigenvalue weighted by Crippen LogP contribution is 2.30. The van der Waals surface area contributed by atoms with E-state index in [1.807, 2.05) is 11.5 Å². The lowest BCUT2D eigenvalue weighted by atomic mass is 10.0. The Morgan fingerprint density at radius 3 is 2.38 bits per heavy atom. The number of halogens is 1. The van der Waals surface area contributed by atoms with Gasteiger partial charge in [-0.25, -0.2) is 4.39 Å². The van der Waals surface area contributed by atoms with E-state index in [2.05, 4.69) is 6.92 Å². The van der Waals surface area contributed by atoms with Gasteiger partial charge in [0.05, 0.1) is 24.6 Å². The number of fused-ring (bicyclic) bond motifs is 1. The fourth-order valence-corrected chi connectivity index (χ4v) is 4.09. The number of aryl methyl sites for hydroxylation is 1. The number of hydrogen-bond donors (Lipinski definition) is 0. The van der Waals surface area contributed by atoms with Crippen LogP contribution >= 0.6 is 0 Å². The molecule has 3 aromatic rings. The Kier molecular flexibility index (Phi) is 9.25. The Bertz CT molecular complexity index is 1170. The molecule has 5 nitrogen and oxygen atoms in total. The second-order valence-electron chi connectivity index (χ2n) is 8.51. The summed E-state index contributed by atoms with van der Waals surface area (Å²) in [5.74, 6) is 0.810. The third-order valence-electron chi connectivity index (χ3n) is 5.91. The van der Waals surface area contributed by atoms with Crippen LogP contribution in [0.25, 0.3) is 22.0 Å². The number of ketones is 1. The molecule has 2 aromatic carbocycles. The van der Waals surface area contributed by atoms with Crippen molar-refractivity contribution in [1.29, 1.82) is 0 Å². The lowest BCUT2D eigenvalue weighted by Crippen LogP contribution is -2.15. The maximum atomic E-state index is 15.0. The highest BCUT2D eigenvalue weighted by molar-refractivity contribution is 5.89. The van der Waals surface area contributed by atoms with E-state index in [0.29, 0.717) is 60.6 Å². The summed E-state index contributed by atoms with van der Waals surface area (Å²) >= 11 is 0. The zero-order valence-corrected chi connectivity index (χ0v) is 20.4. The molecule has 182 valence electrons. The van der Waals surface area contributed by atoms with E-state index in [9.17, 15) is 9.59 Å². The molecule has 0 N–H and O–H groups in total. The van der Waals surface area contributed by atoms with Crippen LogP contribution in [0, 0.1) is 5.82 Å². The highest BCUT2D eigenvalue weighted by atomic mass is 19.1. The first kappa shape index (κ1) is 25.5. The van der Waals surface area contributed by atoms with Gasteiger partial charge in [0.1, 0.15) is 23.1 Å². The Morgan fingerprint density at radius 1 is 0.971 bits per heavy atom. The normalized spacial score (nSPS) is 11.1. The fourth-order valence-electron chi connectivity index (χ4n) is 4.09. The average molecular weight is 468 g/mol. The molecule has 1 heterocycles. The minimum Gasteiger partial charge on any atom is -0.497 e. The van der Waals surface area contributed by atoms with Crippen LogP contribution in [0.3, 0.4) is 0 Å². The van der Waals surface area contributed by atoms with Gasteiger partial charge in [-0.05, 0) is 49.1 Å². The summed E-state index contributed by atoms with van der Waals surface area (Å²) in [5, 5.41) is 0.0104. The molecule has 0 spiro atoms. The van der Waals surface area contributed by atoms with Gasteiger partial charge in [-0.2, -0.15) is 0 Å². The lowest BCUT2D eigenvalue weighted by molar-refractivity contribution is -0.119. The standard InChI is InChI=1S/C28H34FNO4/c1-4-6-7-9-21(31)10-8-17-30-19-23(20-11-13-22(33-3)14-12-20)28(32)26-24(29)15-16-25(27(26)30)34-18-5-2/h11-16,19H,4-10,17-18H2,1-3H3.